The van der Waals surface area contributed by atoms with E-state index in [1.807, 2.05) is 0 Å². The van der Waals surface area contributed by atoms with Gasteiger partial charge in [-0.15, -0.1) is 6.42 Å². The molecule has 80 valence electrons. The predicted octanol–water partition coefficient (Wildman–Crippen LogP) is 3.37. The fourth-order valence-electron chi connectivity index (χ4n) is 0.910. The van der Waals surface area contributed by atoms with E-state index in [9.17, 15) is 13.2 Å². The number of rotatable bonds is 2. The molecule has 0 atom stereocenters. The van der Waals surface area contributed by atoms with E-state index in [4.69, 9.17) is 22.8 Å². The van der Waals surface area contributed by atoms with Crippen molar-refractivity contribution in [3.8, 4) is 18.1 Å². The van der Waals surface area contributed by atoms with Crippen molar-refractivity contribution in [2.24, 2.45) is 0 Å². The lowest BCUT2D eigenvalue weighted by atomic mass is 10.2. The highest BCUT2D eigenvalue weighted by atomic mass is 35.5. The lowest BCUT2D eigenvalue weighted by molar-refractivity contribution is -0.137. The van der Waals surface area contributed by atoms with Crippen molar-refractivity contribution in [1.82, 2.24) is 0 Å². The summed E-state index contributed by atoms with van der Waals surface area (Å²) in [5.41, 5.74) is -0.820. The average molecular weight is 235 g/mol. The molecule has 0 saturated carbocycles. The molecule has 0 spiro atoms. The molecule has 0 fully saturated rings. The zero-order valence-corrected chi connectivity index (χ0v) is 8.19. The Labute approximate surface area is 89.8 Å². The lowest BCUT2D eigenvalue weighted by Crippen LogP contribution is -2.05. The number of benzene rings is 1. The molecule has 0 bridgehead atoms. The second kappa shape index (κ2) is 4.45. The van der Waals surface area contributed by atoms with Crippen LogP contribution < -0.4 is 4.74 Å². The molecule has 15 heavy (non-hydrogen) atoms. The first-order chi connectivity index (χ1) is 6.95. The van der Waals surface area contributed by atoms with Crippen LogP contribution in [-0.2, 0) is 6.18 Å². The van der Waals surface area contributed by atoms with E-state index in [1.54, 1.807) is 0 Å². The molecule has 0 aliphatic carbocycles. The smallest absolute Gasteiger partial charge is 0.416 e. The third kappa shape index (κ3) is 3.07. The van der Waals surface area contributed by atoms with Gasteiger partial charge in [0.05, 0.1) is 10.6 Å². The molecule has 0 N–H and O–H groups in total. The summed E-state index contributed by atoms with van der Waals surface area (Å²) in [5, 5.41) is 0.0956. The molecule has 0 unspecified atom stereocenters. The maximum absolute atomic E-state index is 12.3. The summed E-state index contributed by atoms with van der Waals surface area (Å²) in [6.45, 7) is -0.124. The molecule has 0 radical (unpaired) electrons. The highest BCUT2D eigenvalue weighted by molar-refractivity contribution is 6.32. The van der Waals surface area contributed by atoms with Crippen LogP contribution in [0.2, 0.25) is 5.02 Å². The number of hydrogen-bond donors (Lipinski definition) is 0. The van der Waals surface area contributed by atoms with E-state index in [0.717, 1.165) is 18.2 Å². The van der Waals surface area contributed by atoms with Crippen LogP contribution >= 0.6 is 11.6 Å². The average Bonchev–Trinajstić information content (AvgIpc) is 2.15. The van der Waals surface area contributed by atoms with Crippen LogP contribution in [0.15, 0.2) is 18.2 Å². The lowest BCUT2D eigenvalue weighted by Gasteiger charge is -2.10. The van der Waals surface area contributed by atoms with Gasteiger partial charge in [0.15, 0.2) is 0 Å². The van der Waals surface area contributed by atoms with Crippen molar-refractivity contribution >= 4 is 11.6 Å². The van der Waals surface area contributed by atoms with E-state index in [1.165, 1.54) is 0 Å². The highest BCUT2D eigenvalue weighted by Gasteiger charge is 2.31. The first-order valence-corrected chi connectivity index (χ1v) is 4.26. The van der Waals surface area contributed by atoms with Crippen LogP contribution in [0.25, 0.3) is 0 Å². The van der Waals surface area contributed by atoms with Crippen molar-refractivity contribution in [2.75, 3.05) is 6.61 Å². The molecule has 0 aliphatic heterocycles. The molecule has 5 heteroatoms. The molecular formula is C10H6ClF3O. The van der Waals surface area contributed by atoms with Gasteiger partial charge in [0.25, 0.3) is 0 Å². The Kier molecular flexibility index (Phi) is 3.48. The van der Waals surface area contributed by atoms with Crippen molar-refractivity contribution < 1.29 is 17.9 Å². The van der Waals surface area contributed by atoms with Gasteiger partial charge in [0.2, 0.25) is 0 Å². The summed E-state index contributed by atoms with van der Waals surface area (Å²) in [6, 6.07) is 2.82. The molecule has 0 saturated heterocycles. The first-order valence-electron chi connectivity index (χ1n) is 3.88. The minimum atomic E-state index is -4.42. The number of hydrogen-bond acceptors (Lipinski definition) is 1. The Morgan fingerprint density at radius 2 is 2.07 bits per heavy atom. The van der Waals surface area contributed by atoms with Crippen molar-refractivity contribution in [3.05, 3.63) is 28.8 Å². The quantitative estimate of drug-likeness (QED) is 0.713. The minimum absolute atomic E-state index is 0.0653. The normalized spacial score (nSPS) is 10.9. The number of halogens is 4. The van der Waals surface area contributed by atoms with Gasteiger partial charge < -0.3 is 4.74 Å². The van der Waals surface area contributed by atoms with Gasteiger partial charge in [-0.05, 0) is 18.2 Å². The topological polar surface area (TPSA) is 9.23 Å². The van der Waals surface area contributed by atoms with E-state index in [2.05, 4.69) is 5.92 Å². The summed E-state index contributed by atoms with van der Waals surface area (Å²) >= 11 is 5.62. The van der Waals surface area contributed by atoms with Crippen molar-refractivity contribution in [1.29, 1.82) is 0 Å². The van der Waals surface area contributed by atoms with Crippen molar-refractivity contribution in [3.63, 3.8) is 0 Å². The Bertz CT molecular complexity index is 393. The van der Waals surface area contributed by atoms with E-state index < -0.39 is 11.7 Å². The Morgan fingerprint density at radius 3 is 2.60 bits per heavy atom. The number of ether oxygens (including phenoxy) is 1. The second-order valence-corrected chi connectivity index (χ2v) is 3.04. The summed E-state index contributed by atoms with van der Waals surface area (Å²) in [6.07, 6.45) is 0.492. The standard InChI is InChI=1S/C10H6ClF3O/c1-2-5-15-9-6-7(10(12,13)14)3-4-8(9)11/h1,3-4,6H,5H2. The summed E-state index contributed by atoms with van der Waals surface area (Å²) < 4.78 is 41.7. The van der Waals surface area contributed by atoms with Gasteiger partial charge in [-0.3, -0.25) is 0 Å². The van der Waals surface area contributed by atoms with E-state index in [0.29, 0.717) is 0 Å². The zero-order valence-electron chi connectivity index (χ0n) is 7.44. The molecule has 1 nitrogen and oxygen atoms in total. The maximum Gasteiger partial charge on any atom is 0.416 e. The van der Waals surface area contributed by atoms with Gasteiger partial charge in [-0.2, -0.15) is 13.2 Å². The first kappa shape index (κ1) is 11.7. The molecular weight excluding hydrogens is 229 g/mol. The molecule has 0 aromatic heterocycles. The van der Waals surface area contributed by atoms with Crippen LogP contribution in [0.5, 0.6) is 5.75 Å². The van der Waals surface area contributed by atoms with Crippen LogP contribution in [0.3, 0.4) is 0 Å². The Morgan fingerprint density at radius 1 is 1.40 bits per heavy atom. The molecule has 0 heterocycles. The van der Waals surface area contributed by atoms with Crippen LogP contribution in [-0.4, -0.2) is 6.61 Å². The molecule has 0 amide bonds. The monoisotopic (exact) mass is 234 g/mol. The van der Waals surface area contributed by atoms with Crippen LogP contribution in [0.1, 0.15) is 5.56 Å². The van der Waals surface area contributed by atoms with E-state index in [-0.39, 0.29) is 17.4 Å². The van der Waals surface area contributed by atoms with Crippen LogP contribution in [0.4, 0.5) is 13.2 Å². The molecule has 1 aromatic carbocycles. The van der Waals surface area contributed by atoms with Crippen LogP contribution in [0, 0.1) is 12.3 Å². The molecule has 1 aromatic rings. The fraction of sp³-hybridized carbons (Fsp3) is 0.200. The summed E-state index contributed by atoms with van der Waals surface area (Å²) in [5.74, 6) is 2.07. The fourth-order valence-corrected chi connectivity index (χ4v) is 1.08. The second-order valence-electron chi connectivity index (χ2n) is 2.64. The largest absolute Gasteiger partial charge is 0.479 e. The third-order valence-electron chi connectivity index (χ3n) is 1.57. The number of terminal acetylenes is 1. The van der Waals surface area contributed by atoms with Gasteiger partial charge in [0, 0.05) is 0 Å². The van der Waals surface area contributed by atoms with Gasteiger partial charge in [-0.1, -0.05) is 17.5 Å². The maximum atomic E-state index is 12.3. The van der Waals surface area contributed by atoms with Gasteiger partial charge in [-0.25, -0.2) is 0 Å². The predicted molar refractivity (Wildman–Crippen MR) is 50.8 cm³/mol. The molecule has 1 rings (SSSR count). The van der Waals surface area contributed by atoms with Gasteiger partial charge >= 0.3 is 6.18 Å². The van der Waals surface area contributed by atoms with E-state index >= 15 is 0 Å². The third-order valence-corrected chi connectivity index (χ3v) is 1.88. The highest BCUT2D eigenvalue weighted by Crippen LogP contribution is 2.34. The van der Waals surface area contributed by atoms with Gasteiger partial charge in [0.1, 0.15) is 12.4 Å². The molecule has 0 aliphatic rings. The Balaban J connectivity index is 3.01. The Hall–Kier alpha value is -1.34. The summed E-state index contributed by atoms with van der Waals surface area (Å²) in [7, 11) is 0. The SMILES string of the molecule is C#CCOc1cc(C(F)(F)F)ccc1Cl. The minimum Gasteiger partial charge on any atom is -0.479 e. The summed E-state index contributed by atoms with van der Waals surface area (Å²) in [4.78, 5) is 0. The number of alkyl halides is 3. The van der Waals surface area contributed by atoms with Crippen molar-refractivity contribution in [2.45, 2.75) is 6.18 Å². The zero-order chi connectivity index (χ0) is 11.5.